The maximum Gasteiger partial charge on any atom is 0.260 e. The zero-order valence-electron chi connectivity index (χ0n) is 23.2. The molecule has 0 saturated heterocycles. The van der Waals surface area contributed by atoms with Crippen LogP contribution in [-0.2, 0) is 10.0 Å². The summed E-state index contributed by atoms with van der Waals surface area (Å²) in [4.78, 5) is 22.9. The van der Waals surface area contributed by atoms with Crippen LogP contribution in [0.4, 0.5) is 5.13 Å². The second kappa shape index (κ2) is 12.2. The predicted octanol–water partition coefficient (Wildman–Crippen LogP) is 5.85. The van der Waals surface area contributed by atoms with Crippen LogP contribution in [0.25, 0.3) is 10.2 Å². The lowest BCUT2D eigenvalue weighted by Crippen LogP contribution is -2.39. The van der Waals surface area contributed by atoms with Crippen LogP contribution in [0.2, 0.25) is 0 Å². The first-order valence-corrected chi connectivity index (χ1v) is 15.9. The Balaban J connectivity index is 1.62. The third-order valence-electron chi connectivity index (χ3n) is 7.70. The van der Waals surface area contributed by atoms with Crippen molar-refractivity contribution < 1.29 is 13.2 Å². The van der Waals surface area contributed by atoms with Crippen LogP contribution < -0.4 is 4.90 Å². The molecule has 1 aliphatic carbocycles. The van der Waals surface area contributed by atoms with E-state index >= 15 is 0 Å². The molecule has 0 bridgehead atoms. The minimum atomic E-state index is -3.62. The predicted molar refractivity (Wildman–Crippen MR) is 157 cm³/mol. The van der Waals surface area contributed by atoms with Crippen molar-refractivity contribution in [2.75, 3.05) is 38.1 Å². The van der Waals surface area contributed by atoms with Crippen LogP contribution in [0.3, 0.4) is 0 Å². The first-order chi connectivity index (χ1) is 18.1. The number of hydrogen-bond donors (Lipinski definition) is 0. The van der Waals surface area contributed by atoms with Gasteiger partial charge in [0, 0.05) is 31.7 Å². The van der Waals surface area contributed by atoms with E-state index in [1.165, 1.54) is 27.6 Å². The van der Waals surface area contributed by atoms with Gasteiger partial charge in [0.05, 0.1) is 15.1 Å². The summed E-state index contributed by atoms with van der Waals surface area (Å²) in [5, 5.41) is 0.666. The zero-order chi connectivity index (χ0) is 27.4. The second-order valence-corrected chi connectivity index (χ2v) is 13.3. The third kappa shape index (κ3) is 6.11. The highest BCUT2D eigenvalue weighted by Crippen LogP contribution is 2.33. The van der Waals surface area contributed by atoms with Crippen LogP contribution >= 0.6 is 11.3 Å². The van der Waals surface area contributed by atoms with E-state index in [4.69, 9.17) is 4.98 Å². The smallest absolute Gasteiger partial charge is 0.260 e. The van der Waals surface area contributed by atoms with Crippen LogP contribution in [-0.4, -0.2) is 67.8 Å². The molecule has 0 spiro atoms. The molecule has 9 heteroatoms. The highest BCUT2D eigenvalue weighted by molar-refractivity contribution is 7.89. The first kappa shape index (κ1) is 28.7. The molecule has 0 atom stereocenters. The number of fused-ring (bicyclic) bond motifs is 1. The van der Waals surface area contributed by atoms with Crippen LogP contribution in [0.1, 0.15) is 67.4 Å². The molecule has 1 amide bonds. The number of aromatic nitrogens is 1. The maximum absolute atomic E-state index is 13.8. The topological polar surface area (TPSA) is 73.8 Å². The van der Waals surface area contributed by atoms with Gasteiger partial charge >= 0.3 is 0 Å². The van der Waals surface area contributed by atoms with E-state index in [0.717, 1.165) is 61.1 Å². The van der Waals surface area contributed by atoms with Gasteiger partial charge in [0.1, 0.15) is 0 Å². The fraction of sp³-hybridized carbons (Fsp3) is 0.517. The number of amides is 1. The SMILES string of the molecule is CCN(CC)CCN(C(=O)c1ccc(S(=O)(=O)N(C)C2CCCCC2)cc1)c1nc2c(C)cc(C)cc2s1. The molecule has 4 rings (SSSR count). The van der Waals surface area contributed by atoms with Crippen molar-refractivity contribution in [3.05, 3.63) is 53.1 Å². The Morgan fingerprint density at radius 3 is 2.29 bits per heavy atom. The van der Waals surface area contributed by atoms with E-state index < -0.39 is 10.0 Å². The first-order valence-electron chi connectivity index (χ1n) is 13.7. The fourth-order valence-corrected chi connectivity index (χ4v) is 7.85. The number of benzene rings is 2. The summed E-state index contributed by atoms with van der Waals surface area (Å²) in [6.07, 6.45) is 5.09. The molecule has 206 valence electrons. The molecule has 0 aliphatic heterocycles. The minimum absolute atomic E-state index is 0.0387. The normalized spacial score (nSPS) is 15.0. The molecular formula is C29H40N4O3S2. The van der Waals surface area contributed by atoms with Gasteiger partial charge in [-0.05, 0) is 81.2 Å². The van der Waals surface area contributed by atoms with Crippen molar-refractivity contribution in [1.82, 2.24) is 14.2 Å². The van der Waals surface area contributed by atoms with Gasteiger partial charge in [-0.1, -0.05) is 50.5 Å². The summed E-state index contributed by atoms with van der Waals surface area (Å²) in [6.45, 7) is 11.4. The van der Waals surface area contributed by atoms with Gasteiger partial charge in [-0.25, -0.2) is 13.4 Å². The van der Waals surface area contributed by atoms with Gasteiger partial charge in [-0.3, -0.25) is 9.69 Å². The molecule has 1 saturated carbocycles. The lowest BCUT2D eigenvalue weighted by molar-refractivity contribution is 0.0983. The van der Waals surface area contributed by atoms with Gasteiger partial charge in [-0.2, -0.15) is 4.31 Å². The summed E-state index contributed by atoms with van der Waals surface area (Å²) >= 11 is 1.52. The Labute approximate surface area is 231 Å². The van der Waals surface area contributed by atoms with E-state index in [-0.39, 0.29) is 16.8 Å². The molecule has 1 aromatic heterocycles. The molecule has 0 radical (unpaired) electrons. The minimum Gasteiger partial charge on any atom is -0.302 e. The number of rotatable bonds is 10. The number of likely N-dealkylation sites (N-methyl/N-ethyl adjacent to an activating group) is 1. The van der Waals surface area contributed by atoms with E-state index in [0.29, 0.717) is 17.2 Å². The Kier molecular flexibility index (Phi) is 9.23. The standard InChI is InChI=1S/C29H40N4O3S2/c1-6-32(7-2)17-18-33(29-30-27-22(4)19-21(3)20-26(27)37-29)28(34)23-13-15-25(16-14-23)38(35,36)31(5)24-11-9-8-10-12-24/h13-16,19-20,24H,6-12,17-18H2,1-5H3. The van der Waals surface area contributed by atoms with Crippen molar-refractivity contribution in [1.29, 1.82) is 0 Å². The van der Waals surface area contributed by atoms with Crippen molar-refractivity contribution in [2.24, 2.45) is 0 Å². The molecular weight excluding hydrogens is 516 g/mol. The van der Waals surface area contributed by atoms with Crippen LogP contribution in [0, 0.1) is 13.8 Å². The number of sulfonamides is 1. The molecule has 1 heterocycles. The number of thiazole rings is 1. The molecule has 1 fully saturated rings. The molecule has 0 N–H and O–H groups in total. The average Bonchev–Trinajstić information content (AvgIpc) is 3.35. The summed E-state index contributed by atoms with van der Waals surface area (Å²) in [6, 6.07) is 10.7. The lowest BCUT2D eigenvalue weighted by atomic mass is 9.96. The Bertz CT molecular complexity index is 1360. The number of carbonyl (C=O) groups excluding carboxylic acids is 1. The van der Waals surface area contributed by atoms with Gasteiger partial charge in [0.25, 0.3) is 5.91 Å². The van der Waals surface area contributed by atoms with Gasteiger partial charge < -0.3 is 4.90 Å². The van der Waals surface area contributed by atoms with E-state index in [1.54, 1.807) is 36.2 Å². The number of carbonyl (C=O) groups is 1. The molecule has 1 aliphatic rings. The lowest BCUT2D eigenvalue weighted by Gasteiger charge is -2.30. The summed E-state index contributed by atoms with van der Waals surface area (Å²) in [7, 11) is -1.94. The molecule has 0 unspecified atom stereocenters. The third-order valence-corrected chi connectivity index (χ3v) is 10.6. The summed E-state index contributed by atoms with van der Waals surface area (Å²) < 4.78 is 29.2. The van der Waals surface area contributed by atoms with Crippen molar-refractivity contribution >= 4 is 42.6 Å². The maximum atomic E-state index is 13.8. The van der Waals surface area contributed by atoms with Gasteiger partial charge in [0.15, 0.2) is 5.13 Å². The molecule has 3 aromatic rings. The second-order valence-electron chi connectivity index (χ2n) is 10.2. The largest absolute Gasteiger partial charge is 0.302 e. The van der Waals surface area contributed by atoms with E-state index in [2.05, 4.69) is 37.8 Å². The van der Waals surface area contributed by atoms with Crippen LogP contribution in [0.15, 0.2) is 41.3 Å². The average molecular weight is 557 g/mol. The van der Waals surface area contributed by atoms with Crippen LogP contribution in [0.5, 0.6) is 0 Å². The highest BCUT2D eigenvalue weighted by Gasteiger charge is 2.29. The number of aryl methyl sites for hydroxylation is 2. The van der Waals surface area contributed by atoms with Crippen molar-refractivity contribution in [3.8, 4) is 0 Å². The number of hydrogen-bond acceptors (Lipinski definition) is 6. The molecule has 2 aromatic carbocycles. The summed E-state index contributed by atoms with van der Waals surface area (Å²) in [5.74, 6) is -0.171. The van der Waals surface area contributed by atoms with E-state index in [1.807, 2.05) is 6.92 Å². The Morgan fingerprint density at radius 2 is 1.66 bits per heavy atom. The Morgan fingerprint density at radius 1 is 1.00 bits per heavy atom. The monoisotopic (exact) mass is 556 g/mol. The quantitative estimate of drug-likeness (QED) is 0.313. The Hall–Kier alpha value is -2.33. The van der Waals surface area contributed by atoms with Crippen molar-refractivity contribution in [3.63, 3.8) is 0 Å². The summed E-state index contributed by atoms with van der Waals surface area (Å²) in [5.41, 5.74) is 3.64. The molecule has 7 nitrogen and oxygen atoms in total. The highest BCUT2D eigenvalue weighted by atomic mass is 32.2. The number of nitrogens with zero attached hydrogens (tertiary/aromatic N) is 4. The fourth-order valence-electron chi connectivity index (χ4n) is 5.27. The van der Waals surface area contributed by atoms with E-state index in [9.17, 15) is 13.2 Å². The molecule has 38 heavy (non-hydrogen) atoms. The van der Waals surface area contributed by atoms with Gasteiger partial charge in [0.2, 0.25) is 10.0 Å². The van der Waals surface area contributed by atoms with Crippen molar-refractivity contribution in [2.45, 2.75) is 70.7 Å². The number of anilines is 1. The zero-order valence-corrected chi connectivity index (χ0v) is 24.9. The van der Waals surface area contributed by atoms with Gasteiger partial charge in [-0.15, -0.1) is 0 Å².